The summed E-state index contributed by atoms with van der Waals surface area (Å²) in [4.78, 5) is 18.0. The van der Waals surface area contributed by atoms with E-state index in [0.29, 0.717) is 10.9 Å². The number of halogens is 1. The predicted molar refractivity (Wildman–Crippen MR) is 99.8 cm³/mol. The maximum atomic E-state index is 13.1. The van der Waals surface area contributed by atoms with Crippen molar-refractivity contribution in [2.45, 2.75) is 5.54 Å². The number of nitrogens with one attached hydrogen (secondary N) is 1. The molecule has 4 rings (SSSR count). The second-order valence-electron chi connectivity index (χ2n) is 5.87. The number of hydrogen-bond acceptors (Lipinski definition) is 2. The van der Waals surface area contributed by atoms with Crippen LogP contribution in [0.2, 0.25) is 5.02 Å². The monoisotopic (exact) mass is 346 g/mol. The van der Waals surface area contributed by atoms with Crippen LogP contribution in [0.1, 0.15) is 16.7 Å². The molecule has 0 fully saturated rings. The largest absolute Gasteiger partial charge is 0.308 e. The van der Waals surface area contributed by atoms with Gasteiger partial charge in [-0.1, -0.05) is 84.4 Å². The molecule has 0 unspecified atom stereocenters. The molecule has 122 valence electrons. The summed E-state index contributed by atoms with van der Waals surface area (Å²) in [5, 5.41) is 3.54. The molecule has 0 saturated carbocycles. The number of carbonyl (C=O) groups excluding carboxylic acids is 1. The third-order valence-electron chi connectivity index (χ3n) is 4.32. The molecule has 1 aliphatic rings. The predicted octanol–water partition coefficient (Wildman–Crippen LogP) is 4.16. The van der Waals surface area contributed by atoms with E-state index in [2.05, 4.69) is 5.32 Å². The lowest BCUT2D eigenvalue weighted by Crippen LogP contribution is -2.38. The Morgan fingerprint density at radius 1 is 0.800 bits per heavy atom. The van der Waals surface area contributed by atoms with Crippen LogP contribution in [0.3, 0.4) is 0 Å². The zero-order valence-electron chi connectivity index (χ0n) is 13.3. The van der Waals surface area contributed by atoms with E-state index in [1.54, 1.807) is 12.1 Å². The molecule has 1 heterocycles. The SMILES string of the molecule is O=C1NC(c2cccc(Cl)c2)=NC1(c1ccccc1)c1ccccc1. The molecule has 3 nitrogen and oxygen atoms in total. The number of benzene rings is 3. The van der Waals surface area contributed by atoms with Crippen LogP contribution >= 0.6 is 11.6 Å². The highest BCUT2D eigenvalue weighted by atomic mass is 35.5. The van der Waals surface area contributed by atoms with Crippen molar-refractivity contribution in [1.29, 1.82) is 0 Å². The van der Waals surface area contributed by atoms with E-state index >= 15 is 0 Å². The molecule has 1 aliphatic heterocycles. The van der Waals surface area contributed by atoms with Crippen LogP contribution in [0.4, 0.5) is 0 Å². The van der Waals surface area contributed by atoms with Gasteiger partial charge >= 0.3 is 0 Å². The van der Waals surface area contributed by atoms with Crippen molar-refractivity contribution in [2.24, 2.45) is 4.99 Å². The van der Waals surface area contributed by atoms with Crippen molar-refractivity contribution in [3.8, 4) is 0 Å². The topological polar surface area (TPSA) is 41.5 Å². The van der Waals surface area contributed by atoms with Crippen molar-refractivity contribution in [1.82, 2.24) is 5.32 Å². The van der Waals surface area contributed by atoms with Crippen LogP contribution in [0, 0.1) is 0 Å². The van der Waals surface area contributed by atoms with Gasteiger partial charge in [-0.15, -0.1) is 0 Å². The van der Waals surface area contributed by atoms with Gasteiger partial charge in [0.05, 0.1) is 0 Å². The maximum absolute atomic E-state index is 13.1. The molecule has 0 radical (unpaired) electrons. The van der Waals surface area contributed by atoms with E-state index in [-0.39, 0.29) is 5.91 Å². The van der Waals surface area contributed by atoms with Crippen molar-refractivity contribution >= 4 is 23.3 Å². The van der Waals surface area contributed by atoms with E-state index in [0.717, 1.165) is 16.7 Å². The first-order chi connectivity index (χ1) is 12.2. The molecule has 3 aromatic carbocycles. The number of carbonyl (C=O) groups is 1. The van der Waals surface area contributed by atoms with Crippen LogP contribution in [-0.4, -0.2) is 11.7 Å². The van der Waals surface area contributed by atoms with Gasteiger partial charge in [0.25, 0.3) is 5.91 Å². The number of hydrogen-bond donors (Lipinski definition) is 1. The Labute approximate surface area is 151 Å². The van der Waals surface area contributed by atoms with E-state index in [4.69, 9.17) is 16.6 Å². The van der Waals surface area contributed by atoms with Gasteiger partial charge in [0.1, 0.15) is 5.84 Å². The van der Waals surface area contributed by atoms with Crippen molar-refractivity contribution in [3.63, 3.8) is 0 Å². The molecule has 0 saturated heterocycles. The van der Waals surface area contributed by atoms with Crippen LogP contribution in [-0.2, 0) is 10.3 Å². The summed E-state index contributed by atoms with van der Waals surface area (Å²) in [5.41, 5.74) is 1.35. The Hall–Kier alpha value is -2.91. The standard InChI is InChI=1S/C21H15ClN2O/c22-18-13-7-8-15(14-18)19-23-20(25)21(24-19,16-9-3-1-4-10-16)17-11-5-2-6-12-17/h1-14H,(H,23,24,25). The quantitative estimate of drug-likeness (QED) is 0.760. The molecule has 0 aliphatic carbocycles. The molecule has 4 heteroatoms. The highest BCUT2D eigenvalue weighted by molar-refractivity contribution is 6.31. The summed E-state index contributed by atoms with van der Waals surface area (Å²) >= 11 is 6.10. The fourth-order valence-corrected chi connectivity index (χ4v) is 3.32. The highest BCUT2D eigenvalue weighted by Crippen LogP contribution is 2.37. The lowest BCUT2D eigenvalue weighted by Gasteiger charge is -2.24. The summed E-state index contributed by atoms with van der Waals surface area (Å²) in [6.07, 6.45) is 0. The van der Waals surface area contributed by atoms with Crippen molar-refractivity contribution in [3.05, 3.63) is 107 Å². The van der Waals surface area contributed by atoms with Gasteiger partial charge in [-0.05, 0) is 23.3 Å². The third-order valence-corrected chi connectivity index (χ3v) is 4.56. The van der Waals surface area contributed by atoms with Crippen LogP contribution in [0.15, 0.2) is 89.9 Å². The number of nitrogens with zero attached hydrogens (tertiary/aromatic N) is 1. The minimum absolute atomic E-state index is 0.167. The van der Waals surface area contributed by atoms with Crippen LogP contribution in [0.25, 0.3) is 0 Å². The zero-order valence-corrected chi connectivity index (χ0v) is 14.1. The lowest BCUT2D eigenvalue weighted by molar-refractivity contribution is -0.122. The number of amidine groups is 1. The molecule has 1 amide bonds. The Balaban J connectivity index is 1.94. The van der Waals surface area contributed by atoms with Gasteiger partial charge in [0, 0.05) is 10.6 Å². The smallest absolute Gasteiger partial charge is 0.262 e. The molecule has 0 atom stereocenters. The zero-order chi connectivity index (χ0) is 17.3. The van der Waals surface area contributed by atoms with E-state index < -0.39 is 5.54 Å². The number of amides is 1. The van der Waals surface area contributed by atoms with Crippen LogP contribution < -0.4 is 5.32 Å². The Kier molecular flexibility index (Phi) is 3.86. The molecular formula is C21H15ClN2O. The molecule has 1 N–H and O–H groups in total. The molecule has 3 aromatic rings. The average molecular weight is 347 g/mol. The van der Waals surface area contributed by atoms with Crippen LogP contribution in [0.5, 0.6) is 0 Å². The minimum atomic E-state index is -1.10. The van der Waals surface area contributed by atoms with E-state index in [1.807, 2.05) is 72.8 Å². The molecular weight excluding hydrogens is 332 g/mol. The Bertz CT molecular complexity index is 912. The summed E-state index contributed by atoms with van der Waals surface area (Å²) in [6.45, 7) is 0. The Morgan fingerprint density at radius 3 is 1.96 bits per heavy atom. The van der Waals surface area contributed by atoms with Crippen molar-refractivity contribution in [2.75, 3.05) is 0 Å². The van der Waals surface area contributed by atoms with Gasteiger partial charge in [0.2, 0.25) is 0 Å². The molecule has 25 heavy (non-hydrogen) atoms. The fourth-order valence-electron chi connectivity index (χ4n) is 3.13. The third kappa shape index (κ3) is 2.63. The van der Waals surface area contributed by atoms with Gasteiger partial charge in [0.15, 0.2) is 5.54 Å². The van der Waals surface area contributed by atoms with Gasteiger partial charge in [-0.3, -0.25) is 4.79 Å². The minimum Gasteiger partial charge on any atom is -0.308 e. The summed E-state index contributed by atoms with van der Waals surface area (Å²) in [5.74, 6) is 0.361. The first-order valence-electron chi connectivity index (χ1n) is 7.98. The second-order valence-corrected chi connectivity index (χ2v) is 6.30. The number of rotatable bonds is 3. The van der Waals surface area contributed by atoms with Gasteiger partial charge in [-0.2, -0.15) is 0 Å². The summed E-state index contributed by atoms with van der Waals surface area (Å²) in [6, 6.07) is 26.6. The first kappa shape index (κ1) is 15.6. The van der Waals surface area contributed by atoms with Gasteiger partial charge < -0.3 is 5.32 Å². The maximum Gasteiger partial charge on any atom is 0.262 e. The summed E-state index contributed by atoms with van der Waals surface area (Å²) < 4.78 is 0. The summed E-state index contributed by atoms with van der Waals surface area (Å²) in [7, 11) is 0. The molecule has 0 bridgehead atoms. The Morgan fingerprint density at radius 2 is 1.40 bits per heavy atom. The van der Waals surface area contributed by atoms with E-state index in [9.17, 15) is 4.79 Å². The first-order valence-corrected chi connectivity index (χ1v) is 8.36. The number of aliphatic imine (C=N–C) groups is 1. The molecule has 0 aromatic heterocycles. The van der Waals surface area contributed by atoms with E-state index in [1.165, 1.54) is 0 Å². The van der Waals surface area contributed by atoms with Gasteiger partial charge in [-0.25, -0.2) is 4.99 Å². The lowest BCUT2D eigenvalue weighted by atomic mass is 9.83. The normalized spacial score (nSPS) is 15.6. The van der Waals surface area contributed by atoms with Crippen molar-refractivity contribution < 1.29 is 4.79 Å². The average Bonchev–Trinajstić information content (AvgIpc) is 3.02. The molecule has 0 spiro atoms. The fraction of sp³-hybridized carbons (Fsp3) is 0.0476. The second kappa shape index (κ2) is 6.19. The highest BCUT2D eigenvalue weighted by Gasteiger charge is 2.46.